The molecule has 100 valence electrons. The highest BCUT2D eigenvalue weighted by molar-refractivity contribution is 5.64. The Labute approximate surface area is 103 Å². The van der Waals surface area contributed by atoms with Crippen molar-refractivity contribution in [1.29, 1.82) is 0 Å². The highest BCUT2D eigenvalue weighted by Gasteiger charge is 2.12. The molecule has 0 aliphatic carbocycles. The molecule has 0 saturated carbocycles. The van der Waals surface area contributed by atoms with Gasteiger partial charge in [-0.25, -0.2) is 13.6 Å². The van der Waals surface area contributed by atoms with Crippen LogP contribution < -0.4 is 11.1 Å². The Morgan fingerprint density at radius 3 is 2.83 bits per heavy atom. The fourth-order valence-corrected chi connectivity index (χ4v) is 1.34. The summed E-state index contributed by atoms with van der Waals surface area (Å²) in [5.41, 5.74) is 4.74. The zero-order valence-electron chi connectivity index (χ0n) is 9.53. The Hall–Kier alpha value is -1.73. The molecule has 1 aromatic rings. The summed E-state index contributed by atoms with van der Waals surface area (Å²) in [4.78, 5) is 10.2. The van der Waals surface area contributed by atoms with Crippen molar-refractivity contribution >= 4 is 6.09 Å². The van der Waals surface area contributed by atoms with Crippen molar-refractivity contribution in [2.45, 2.75) is 6.10 Å². The highest BCUT2D eigenvalue weighted by atomic mass is 19.1. The lowest BCUT2D eigenvalue weighted by molar-refractivity contribution is 0.148. The van der Waals surface area contributed by atoms with Crippen LogP contribution in [0.4, 0.5) is 13.6 Å². The van der Waals surface area contributed by atoms with Crippen molar-refractivity contribution in [2.24, 2.45) is 5.73 Å². The molecule has 0 spiro atoms. The second kappa shape index (κ2) is 6.87. The van der Waals surface area contributed by atoms with E-state index < -0.39 is 23.8 Å². The fraction of sp³-hybridized carbons (Fsp3) is 0.364. The first-order valence-electron chi connectivity index (χ1n) is 5.26. The Morgan fingerprint density at radius 1 is 1.50 bits per heavy atom. The molecule has 0 radical (unpaired) electrons. The number of amides is 1. The minimum atomic E-state index is -1.11. The van der Waals surface area contributed by atoms with Gasteiger partial charge in [0, 0.05) is 24.7 Å². The maximum Gasteiger partial charge on any atom is 0.404 e. The van der Waals surface area contributed by atoms with E-state index in [1.165, 1.54) is 6.07 Å². The summed E-state index contributed by atoms with van der Waals surface area (Å²) < 4.78 is 30.3. The summed E-state index contributed by atoms with van der Waals surface area (Å²) in [6.07, 6.45) is -2.00. The normalized spacial score (nSPS) is 12.2. The summed E-state index contributed by atoms with van der Waals surface area (Å²) in [5.74, 6) is -1.51. The number of aliphatic hydroxyl groups excluding tert-OH is 1. The van der Waals surface area contributed by atoms with Crippen molar-refractivity contribution < 1.29 is 23.4 Å². The van der Waals surface area contributed by atoms with Crippen LogP contribution in [-0.4, -0.2) is 30.9 Å². The van der Waals surface area contributed by atoms with E-state index >= 15 is 0 Å². The molecule has 0 aliphatic heterocycles. The van der Waals surface area contributed by atoms with Gasteiger partial charge in [-0.2, -0.15) is 0 Å². The van der Waals surface area contributed by atoms with Crippen LogP contribution in [0.25, 0.3) is 0 Å². The van der Waals surface area contributed by atoms with Gasteiger partial charge < -0.3 is 20.9 Å². The highest BCUT2D eigenvalue weighted by Crippen LogP contribution is 2.17. The maximum absolute atomic E-state index is 13.3. The summed E-state index contributed by atoms with van der Waals surface area (Å²) in [6.45, 7) is 0.363. The molecule has 0 fully saturated rings. The molecule has 0 heterocycles. The van der Waals surface area contributed by atoms with Gasteiger partial charge in [0.1, 0.15) is 18.2 Å². The van der Waals surface area contributed by atoms with E-state index in [1.807, 2.05) is 0 Å². The lowest BCUT2D eigenvalue weighted by Gasteiger charge is -2.13. The molecular weight excluding hydrogens is 246 g/mol. The van der Waals surface area contributed by atoms with Gasteiger partial charge in [-0.1, -0.05) is 6.07 Å². The van der Waals surface area contributed by atoms with Gasteiger partial charge >= 0.3 is 6.09 Å². The summed E-state index contributed by atoms with van der Waals surface area (Å²) in [5, 5.41) is 12.4. The topological polar surface area (TPSA) is 84.6 Å². The van der Waals surface area contributed by atoms with E-state index in [4.69, 9.17) is 5.73 Å². The van der Waals surface area contributed by atoms with Gasteiger partial charge in [-0.3, -0.25) is 0 Å². The first-order valence-corrected chi connectivity index (χ1v) is 5.26. The summed E-state index contributed by atoms with van der Waals surface area (Å²) in [7, 11) is 0. The van der Waals surface area contributed by atoms with Gasteiger partial charge in [0.15, 0.2) is 0 Å². The SMILES string of the molecule is NC(=O)OCCNCC(O)c1ccc(F)cc1F. The lowest BCUT2D eigenvalue weighted by Crippen LogP contribution is -2.27. The molecule has 0 aliphatic rings. The molecule has 1 atom stereocenters. The predicted molar refractivity (Wildman–Crippen MR) is 59.7 cm³/mol. The molecule has 5 nitrogen and oxygen atoms in total. The van der Waals surface area contributed by atoms with Crippen LogP contribution in [0, 0.1) is 11.6 Å². The smallest absolute Gasteiger partial charge is 0.404 e. The van der Waals surface area contributed by atoms with Gasteiger partial charge in [0.05, 0.1) is 6.10 Å². The number of hydrogen-bond donors (Lipinski definition) is 3. The van der Waals surface area contributed by atoms with Gasteiger partial charge in [-0.05, 0) is 6.07 Å². The lowest BCUT2D eigenvalue weighted by atomic mass is 10.1. The minimum absolute atomic E-state index is 0.000260. The molecule has 0 saturated heterocycles. The van der Waals surface area contributed by atoms with Gasteiger partial charge in [-0.15, -0.1) is 0 Å². The standard InChI is InChI=1S/C11H14F2N2O3/c12-7-1-2-8(9(13)5-7)10(16)6-15-3-4-18-11(14)17/h1-2,5,10,15-16H,3-4,6H2,(H2,14,17). The van der Waals surface area contributed by atoms with Crippen LogP contribution in [0.5, 0.6) is 0 Å². The molecule has 18 heavy (non-hydrogen) atoms. The summed E-state index contributed by atoms with van der Waals surface area (Å²) in [6, 6.07) is 2.95. The number of aliphatic hydroxyl groups is 1. The number of carbonyl (C=O) groups is 1. The van der Waals surface area contributed by atoms with Crippen molar-refractivity contribution in [2.75, 3.05) is 19.7 Å². The second-order valence-electron chi connectivity index (χ2n) is 3.55. The van der Waals surface area contributed by atoms with E-state index in [0.29, 0.717) is 6.07 Å². The third-order valence-electron chi connectivity index (χ3n) is 2.18. The van der Waals surface area contributed by atoms with Crippen LogP contribution in [0.15, 0.2) is 18.2 Å². The third kappa shape index (κ3) is 4.64. The van der Waals surface area contributed by atoms with Crippen LogP contribution in [0.1, 0.15) is 11.7 Å². The van der Waals surface area contributed by atoms with E-state index in [1.54, 1.807) is 0 Å². The van der Waals surface area contributed by atoms with E-state index in [0.717, 1.165) is 6.07 Å². The Balaban J connectivity index is 2.36. The second-order valence-corrected chi connectivity index (χ2v) is 3.55. The monoisotopic (exact) mass is 260 g/mol. The van der Waals surface area contributed by atoms with Crippen molar-refractivity contribution in [3.63, 3.8) is 0 Å². The average molecular weight is 260 g/mol. The zero-order chi connectivity index (χ0) is 13.5. The number of ether oxygens (including phenoxy) is 1. The average Bonchev–Trinajstić information content (AvgIpc) is 2.27. The summed E-state index contributed by atoms with van der Waals surface area (Å²) >= 11 is 0. The number of carbonyl (C=O) groups excluding carboxylic acids is 1. The molecule has 1 rings (SSSR count). The molecule has 4 N–H and O–H groups in total. The number of benzene rings is 1. The number of nitrogens with one attached hydrogen (secondary N) is 1. The molecule has 7 heteroatoms. The molecule has 1 unspecified atom stereocenters. The Kier molecular flexibility index (Phi) is 5.47. The number of primary amides is 1. The fourth-order valence-electron chi connectivity index (χ4n) is 1.34. The molecular formula is C11H14F2N2O3. The molecule has 0 bridgehead atoms. The number of hydrogen-bond acceptors (Lipinski definition) is 4. The van der Waals surface area contributed by atoms with Gasteiger partial charge in [0.2, 0.25) is 0 Å². The van der Waals surface area contributed by atoms with Crippen molar-refractivity contribution in [3.8, 4) is 0 Å². The molecule has 1 aromatic carbocycles. The first-order chi connectivity index (χ1) is 8.50. The van der Waals surface area contributed by atoms with Gasteiger partial charge in [0.25, 0.3) is 0 Å². The number of nitrogens with two attached hydrogens (primary N) is 1. The predicted octanol–water partition coefficient (Wildman–Crippen LogP) is 0.683. The molecule has 0 aromatic heterocycles. The van der Waals surface area contributed by atoms with Crippen molar-refractivity contribution in [3.05, 3.63) is 35.4 Å². The van der Waals surface area contributed by atoms with E-state index in [9.17, 15) is 18.7 Å². The third-order valence-corrected chi connectivity index (χ3v) is 2.18. The van der Waals surface area contributed by atoms with Crippen LogP contribution in [-0.2, 0) is 4.74 Å². The van der Waals surface area contributed by atoms with Crippen LogP contribution in [0.2, 0.25) is 0 Å². The Bertz CT molecular complexity index is 415. The van der Waals surface area contributed by atoms with Crippen LogP contribution >= 0.6 is 0 Å². The number of halogens is 2. The quantitative estimate of drug-likeness (QED) is 0.657. The first kappa shape index (κ1) is 14.3. The minimum Gasteiger partial charge on any atom is -0.448 e. The van der Waals surface area contributed by atoms with Crippen molar-refractivity contribution in [1.82, 2.24) is 5.32 Å². The maximum atomic E-state index is 13.3. The Morgan fingerprint density at radius 2 is 2.22 bits per heavy atom. The molecule has 1 amide bonds. The largest absolute Gasteiger partial charge is 0.448 e. The number of rotatable bonds is 6. The van der Waals surface area contributed by atoms with Crippen LogP contribution in [0.3, 0.4) is 0 Å². The zero-order valence-corrected chi connectivity index (χ0v) is 9.53. The van der Waals surface area contributed by atoms with E-state index in [2.05, 4.69) is 10.1 Å². The van der Waals surface area contributed by atoms with E-state index in [-0.39, 0.29) is 25.3 Å².